The van der Waals surface area contributed by atoms with Crippen LogP contribution in [-0.4, -0.2) is 0 Å². The predicted octanol–water partition coefficient (Wildman–Crippen LogP) is 4.43. The van der Waals surface area contributed by atoms with E-state index in [0.29, 0.717) is 5.02 Å². The maximum atomic E-state index is 13.4. The highest BCUT2D eigenvalue weighted by Crippen LogP contribution is 2.32. The number of anilines is 1. The van der Waals surface area contributed by atoms with E-state index in [1.165, 1.54) is 24.3 Å². The van der Waals surface area contributed by atoms with Crippen molar-refractivity contribution in [1.29, 1.82) is 0 Å². The molecule has 6 heteroatoms. The van der Waals surface area contributed by atoms with E-state index in [2.05, 4.69) is 0 Å². The van der Waals surface area contributed by atoms with E-state index < -0.39 is 11.6 Å². The largest absolute Gasteiger partial charge is 0.487 e. The summed E-state index contributed by atoms with van der Waals surface area (Å²) in [7, 11) is 0. The lowest BCUT2D eigenvalue weighted by Gasteiger charge is -2.11. The highest BCUT2D eigenvalue weighted by molar-refractivity contribution is 6.42. The van der Waals surface area contributed by atoms with Gasteiger partial charge in [0.1, 0.15) is 12.4 Å². The summed E-state index contributed by atoms with van der Waals surface area (Å²) in [5, 5.41) is 0.564. The number of hydrogen-bond donors (Lipinski definition) is 1. The average molecular weight is 304 g/mol. The minimum absolute atomic E-state index is 0.0884. The smallest absolute Gasteiger partial charge is 0.165 e. The van der Waals surface area contributed by atoms with E-state index in [4.69, 9.17) is 33.7 Å². The van der Waals surface area contributed by atoms with Gasteiger partial charge in [0.2, 0.25) is 0 Å². The fourth-order valence-corrected chi connectivity index (χ4v) is 1.81. The minimum atomic E-state index is -0.943. The number of ether oxygens (including phenoxy) is 1. The SMILES string of the molecule is Nc1cc(Cl)c(Cl)cc1OCc1cccc(F)c1F. The van der Waals surface area contributed by atoms with Crippen LogP contribution in [0.1, 0.15) is 5.56 Å². The second-order valence-corrected chi connectivity index (χ2v) is 4.62. The van der Waals surface area contributed by atoms with Crippen LogP contribution in [0, 0.1) is 11.6 Å². The minimum Gasteiger partial charge on any atom is -0.487 e. The normalized spacial score (nSPS) is 10.5. The molecule has 0 spiro atoms. The number of nitrogens with two attached hydrogens (primary N) is 1. The third-order valence-corrected chi connectivity index (χ3v) is 3.19. The van der Waals surface area contributed by atoms with Crippen LogP contribution < -0.4 is 10.5 Å². The highest BCUT2D eigenvalue weighted by Gasteiger charge is 2.10. The van der Waals surface area contributed by atoms with Crippen molar-refractivity contribution in [2.45, 2.75) is 6.61 Å². The van der Waals surface area contributed by atoms with Crippen LogP contribution in [0.15, 0.2) is 30.3 Å². The van der Waals surface area contributed by atoms with Gasteiger partial charge in [-0.2, -0.15) is 0 Å². The van der Waals surface area contributed by atoms with Crippen molar-refractivity contribution in [2.75, 3.05) is 5.73 Å². The van der Waals surface area contributed by atoms with E-state index in [9.17, 15) is 8.78 Å². The Morgan fingerprint density at radius 1 is 1.11 bits per heavy atom. The first-order chi connectivity index (χ1) is 8.99. The standard InChI is InChI=1S/C13H9Cl2F2NO/c14-8-4-11(18)12(5-9(8)15)19-6-7-2-1-3-10(16)13(7)17/h1-5H,6,18H2. The van der Waals surface area contributed by atoms with Gasteiger partial charge in [-0.25, -0.2) is 8.78 Å². The van der Waals surface area contributed by atoms with E-state index in [-0.39, 0.29) is 28.6 Å². The van der Waals surface area contributed by atoms with Crippen molar-refractivity contribution < 1.29 is 13.5 Å². The molecule has 0 fully saturated rings. The van der Waals surface area contributed by atoms with Gasteiger partial charge in [0.15, 0.2) is 11.6 Å². The zero-order chi connectivity index (χ0) is 14.0. The van der Waals surface area contributed by atoms with Crippen molar-refractivity contribution in [2.24, 2.45) is 0 Å². The fourth-order valence-electron chi connectivity index (χ4n) is 1.48. The third kappa shape index (κ3) is 3.08. The molecule has 0 aliphatic rings. The Kier molecular flexibility index (Phi) is 4.12. The zero-order valence-electron chi connectivity index (χ0n) is 9.59. The number of halogens is 4. The Labute approximate surface area is 118 Å². The lowest BCUT2D eigenvalue weighted by Crippen LogP contribution is -2.02. The van der Waals surface area contributed by atoms with Crippen molar-refractivity contribution in [3.63, 3.8) is 0 Å². The summed E-state index contributed by atoms with van der Waals surface area (Å²) < 4.78 is 31.7. The molecule has 0 aromatic heterocycles. The summed E-state index contributed by atoms with van der Waals surface area (Å²) in [4.78, 5) is 0. The molecule has 0 amide bonds. The molecule has 2 aromatic rings. The molecular formula is C13H9Cl2F2NO. The Bertz CT molecular complexity index is 620. The number of hydrogen-bond acceptors (Lipinski definition) is 2. The Morgan fingerprint density at radius 3 is 2.53 bits per heavy atom. The van der Waals surface area contributed by atoms with Crippen molar-refractivity contribution in [1.82, 2.24) is 0 Å². The molecule has 0 aliphatic heterocycles. The summed E-state index contributed by atoms with van der Waals surface area (Å²) in [6, 6.07) is 6.71. The lowest BCUT2D eigenvalue weighted by atomic mass is 10.2. The molecule has 2 rings (SSSR count). The predicted molar refractivity (Wildman–Crippen MR) is 71.6 cm³/mol. The fraction of sp³-hybridized carbons (Fsp3) is 0.0769. The monoisotopic (exact) mass is 303 g/mol. The van der Waals surface area contributed by atoms with Crippen LogP contribution in [0.3, 0.4) is 0 Å². The van der Waals surface area contributed by atoms with Gasteiger partial charge >= 0.3 is 0 Å². The summed E-state index contributed by atoms with van der Waals surface area (Å²) in [6.45, 7) is -0.161. The van der Waals surface area contributed by atoms with Crippen molar-refractivity contribution in [3.05, 3.63) is 57.6 Å². The van der Waals surface area contributed by atoms with Gasteiger partial charge in [-0.1, -0.05) is 35.3 Å². The van der Waals surface area contributed by atoms with E-state index >= 15 is 0 Å². The molecule has 0 saturated carbocycles. The summed E-state index contributed by atoms with van der Waals surface area (Å²) >= 11 is 11.6. The number of nitrogen functional groups attached to an aromatic ring is 1. The Balaban J connectivity index is 2.19. The third-order valence-electron chi connectivity index (χ3n) is 2.47. The molecule has 0 saturated heterocycles. The molecular weight excluding hydrogens is 295 g/mol. The average Bonchev–Trinajstić information content (AvgIpc) is 2.37. The quantitative estimate of drug-likeness (QED) is 0.851. The van der Waals surface area contributed by atoms with Crippen LogP contribution in [0.4, 0.5) is 14.5 Å². The summed E-state index contributed by atoms with van der Waals surface area (Å²) in [5.41, 5.74) is 6.04. The number of rotatable bonds is 3. The molecule has 0 bridgehead atoms. The van der Waals surface area contributed by atoms with Crippen molar-refractivity contribution in [3.8, 4) is 5.75 Å². The van der Waals surface area contributed by atoms with Crippen LogP contribution in [0.5, 0.6) is 5.75 Å². The van der Waals surface area contributed by atoms with Gasteiger partial charge < -0.3 is 10.5 Å². The second-order valence-electron chi connectivity index (χ2n) is 3.81. The molecule has 2 aromatic carbocycles. The molecule has 2 N–H and O–H groups in total. The maximum absolute atomic E-state index is 13.4. The van der Waals surface area contributed by atoms with Crippen LogP contribution in [0.25, 0.3) is 0 Å². The first kappa shape index (κ1) is 13.9. The Morgan fingerprint density at radius 2 is 1.79 bits per heavy atom. The van der Waals surface area contributed by atoms with E-state index in [1.54, 1.807) is 0 Å². The topological polar surface area (TPSA) is 35.2 Å². The molecule has 100 valence electrons. The molecule has 0 atom stereocenters. The van der Waals surface area contributed by atoms with E-state index in [0.717, 1.165) is 6.07 Å². The molecule has 19 heavy (non-hydrogen) atoms. The highest BCUT2D eigenvalue weighted by atomic mass is 35.5. The van der Waals surface area contributed by atoms with E-state index in [1.807, 2.05) is 0 Å². The maximum Gasteiger partial charge on any atom is 0.165 e. The molecule has 0 aliphatic carbocycles. The van der Waals surface area contributed by atoms with Gasteiger partial charge in [0, 0.05) is 11.6 Å². The number of benzene rings is 2. The van der Waals surface area contributed by atoms with Gasteiger partial charge in [-0.15, -0.1) is 0 Å². The van der Waals surface area contributed by atoms with Gasteiger partial charge in [0.05, 0.1) is 15.7 Å². The van der Waals surface area contributed by atoms with Crippen LogP contribution in [-0.2, 0) is 6.61 Å². The zero-order valence-corrected chi connectivity index (χ0v) is 11.1. The van der Waals surface area contributed by atoms with Gasteiger partial charge in [-0.3, -0.25) is 0 Å². The van der Waals surface area contributed by atoms with Crippen LogP contribution >= 0.6 is 23.2 Å². The molecule has 0 heterocycles. The Hall–Kier alpha value is -1.52. The molecule has 0 unspecified atom stereocenters. The molecule has 2 nitrogen and oxygen atoms in total. The van der Waals surface area contributed by atoms with Crippen molar-refractivity contribution >= 4 is 28.9 Å². The second kappa shape index (κ2) is 5.63. The van der Waals surface area contributed by atoms with Crippen LogP contribution in [0.2, 0.25) is 10.0 Å². The summed E-state index contributed by atoms with van der Waals surface area (Å²) in [6.07, 6.45) is 0. The van der Waals surface area contributed by atoms with Gasteiger partial charge in [-0.05, 0) is 12.1 Å². The first-order valence-corrected chi connectivity index (χ1v) is 6.05. The summed E-state index contributed by atoms with van der Waals surface area (Å²) in [5.74, 6) is -1.61. The van der Waals surface area contributed by atoms with Gasteiger partial charge in [0.25, 0.3) is 0 Å². The lowest BCUT2D eigenvalue weighted by molar-refractivity contribution is 0.299. The molecule has 0 radical (unpaired) electrons. The first-order valence-electron chi connectivity index (χ1n) is 5.29.